The summed E-state index contributed by atoms with van der Waals surface area (Å²) >= 11 is 0. The minimum Gasteiger partial charge on any atom is -0.477 e. The number of rotatable bonds is 4. The number of ether oxygens (including phenoxy) is 1. The molecule has 1 saturated heterocycles. The molecule has 3 aliphatic rings. The second kappa shape index (κ2) is 7.43. The normalized spacial score (nSPS) is 24.4. The highest BCUT2D eigenvalue weighted by Crippen LogP contribution is 2.46. The molecule has 2 aromatic heterocycles. The summed E-state index contributed by atoms with van der Waals surface area (Å²) < 4.78 is 22.3. The first-order chi connectivity index (χ1) is 15.5. The van der Waals surface area contributed by atoms with Gasteiger partial charge in [-0.15, -0.1) is 0 Å². The van der Waals surface area contributed by atoms with Gasteiger partial charge >= 0.3 is 12.1 Å². The molecule has 5 rings (SSSR count). The number of aromatic carboxylic acids is 1. The fraction of sp³-hybridized carbons (Fsp3) is 0.565. The molecule has 2 aromatic rings. The second-order valence-corrected chi connectivity index (χ2v) is 10.3. The molecule has 1 amide bonds. The molecule has 3 atom stereocenters. The van der Waals surface area contributed by atoms with Crippen LogP contribution in [0.5, 0.6) is 0 Å². The first-order valence-electron chi connectivity index (χ1n) is 11.2. The van der Waals surface area contributed by atoms with Crippen LogP contribution in [0.15, 0.2) is 17.1 Å². The summed E-state index contributed by atoms with van der Waals surface area (Å²) in [5.74, 6) is -1.27. The predicted octanol–water partition coefficient (Wildman–Crippen LogP) is 2.92. The van der Waals surface area contributed by atoms with E-state index in [-0.39, 0.29) is 28.9 Å². The quantitative estimate of drug-likeness (QED) is 0.724. The Labute approximate surface area is 189 Å². The van der Waals surface area contributed by atoms with Crippen molar-refractivity contribution in [2.45, 2.75) is 57.7 Å². The number of pyridine rings is 2. The van der Waals surface area contributed by atoms with Crippen LogP contribution in [-0.2, 0) is 4.74 Å². The minimum absolute atomic E-state index is 0.0345. The van der Waals surface area contributed by atoms with Gasteiger partial charge in [-0.05, 0) is 57.9 Å². The molecule has 0 spiro atoms. The summed E-state index contributed by atoms with van der Waals surface area (Å²) in [6.07, 6.45) is 3.44. The van der Waals surface area contributed by atoms with Crippen molar-refractivity contribution < 1.29 is 23.8 Å². The van der Waals surface area contributed by atoms with Gasteiger partial charge in [0.05, 0.1) is 11.4 Å². The monoisotopic (exact) mass is 458 g/mol. The molecule has 2 aliphatic carbocycles. The van der Waals surface area contributed by atoms with Crippen LogP contribution in [-0.4, -0.2) is 51.5 Å². The largest absolute Gasteiger partial charge is 0.477 e. The number of halogens is 1. The fourth-order valence-corrected chi connectivity index (χ4v) is 4.73. The zero-order valence-corrected chi connectivity index (χ0v) is 18.8. The zero-order chi connectivity index (χ0) is 23.7. The Hall–Kier alpha value is -3.17. The number of aromatic nitrogens is 2. The number of carboxylic acids is 1. The van der Waals surface area contributed by atoms with E-state index < -0.39 is 28.9 Å². The van der Waals surface area contributed by atoms with E-state index in [4.69, 9.17) is 4.74 Å². The van der Waals surface area contributed by atoms with Gasteiger partial charge in [0.1, 0.15) is 16.8 Å². The number of piperidine rings is 1. The van der Waals surface area contributed by atoms with E-state index in [0.29, 0.717) is 30.6 Å². The number of fused-ring (bicyclic) bond motifs is 2. The topological polar surface area (TPSA) is 114 Å². The molecule has 0 aromatic carbocycles. The Morgan fingerprint density at radius 2 is 2.00 bits per heavy atom. The maximum Gasteiger partial charge on any atom is 0.407 e. The number of carboxylic acid groups (broad SMARTS) is 1. The predicted molar refractivity (Wildman–Crippen MR) is 118 cm³/mol. The fourth-order valence-electron chi connectivity index (χ4n) is 4.73. The van der Waals surface area contributed by atoms with E-state index in [2.05, 4.69) is 10.3 Å². The van der Waals surface area contributed by atoms with Crippen molar-refractivity contribution in [1.82, 2.24) is 14.9 Å². The number of amides is 1. The van der Waals surface area contributed by atoms with Gasteiger partial charge in [0.2, 0.25) is 5.43 Å². The van der Waals surface area contributed by atoms with Crippen molar-refractivity contribution in [2.75, 3.05) is 18.0 Å². The molecule has 10 heteroatoms. The van der Waals surface area contributed by atoms with Crippen LogP contribution in [0.25, 0.3) is 11.0 Å². The first kappa shape index (κ1) is 21.7. The number of carbonyl (C=O) groups is 2. The summed E-state index contributed by atoms with van der Waals surface area (Å²) in [6, 6.07) is 0.948. The van der Waals surface area contributed by atoms with Gasteiger partial charge in [0.25, 0.3) is 0 Å². The van der Waals surface area contributed by atoms with Crippen LogP contribution in [0.2, 0.25) is 0 Å². The van der Waals surface area contributed by atoms with E-state index in [1.165, 1.54) is 6.20 Å². The SMILES string of the molecule is CC(C)(C)OC(=O)N[C@@H]1CN(c2nc3c(cc2F)c(=O)c(C(=O)O)cn3C2CC2)C[C@H]2C[C@H]21. The van der Waals surface area contributed by atoms with Crippen molar-refractivity contribution in [3.63, 3.8) is 0 Å². The number of nitrogens with one attached hydrogen (secondary N) is 1. The average Bonchev–Trinajstić information content (AvgIpc) is 3.60. The van der Waals surface area contributed by atoms with Crippen molar-refractivity contribution in [3.05, 3.63) is 33.9 Å². The highest BCUT2D eigenvalue weighted by molar-refractivity contribution is 5.92. The third-order valence-corrected chi connectivity index (χ3v) is 6.48. The van der Waals surface area contributed by atoms with Crippen LogP contribution >= 0.6 is 0 Å². The Kier molecular flexibility index (Phi) is 4.88. The summed E-state index contributed by atoms with van der Waals surface area (Å²) in [6.45, 7) is 6.36. The Balaban J connectivity index is 1.48. The number of anilines is 1. The number of nitrogens with zero attached hydrogens (tertiary/aromatic N) is 3. The average molecular weight is 458 g/mol. The van der Waals surface area contributed by atoms with E-state index in [1.807, 2.05) is 0 Å². The van der Waals surface area contributed by atoms with E-state index in [1.54, 1.807) is 30.2 Å². The molecule has 3 heterocycles. The number of hydrogen-bond acceptors (Lipinski definition) is 6. The zero-order valence-electron chi connectivity index (χ0n) is 18.8. The number of carbonyl (C=O) groups excluding carboxylic acids is 1. The Morgan fingerprint density at radius 1 is 1.27 bits per heavy atom. The van der Waals surface area contributed by atoms with Gasteiger partial charge in [-0.1, -0.05) is 0 Å². The standard InChI is InChI=1S/C23H27FN4O5/c1-23(2,3)33-22(32)25-17-10-27(8-11-6-13(11)17)20-16(24)7-14-18(29)15(21(30)31)9-28(12-4-5-12)19(14)26-20/h7,9,11-13,17H,4-6,8,10H2,1-3H3,(H,25,32)(H,30,31)/t11-,13-,17-/m1/s1. The lowest BCUT2D eigenvalue weighted by atomic mass is 10.1. The van der Waals surface area contributed by atoms with Gasteiger partial charge in [0.15, 0.2) is 11.6 Å². The highest BCUT2D eigenvalue weighted by Gasteiger charge is 2.49. The van der Waals surface area contributed by atoms with Crippen LogP contribution in [0.3, 0.4) is 0 Å². The van der Waals surface area contributed by atoms with Gasteiger partial charge in [-0.2, -0.15) is 0 Å². The first-order valence-corrected chi connectivity index (χ1v) is 11.2. The minimum atomic E-state index is -1.34. The lowest BCUT2D eigenvalue weighted by Gasteiger charge is -2.34. The van der Waals surface area contributed by atoms with Crippen LogP contribution in [0, 0.1) is 17.7 Å². The number of hydrogen-bond donors (Lipinski definition) is 2. The van der Waals surface area contributed by atoms with E-state index in [0.717, 1.165) is 25.3 Å². The third-order valence-electron chi connectivity index (χ3n) is 6.48. The Morgan fingerprint density at radius 3 is 2.64 bits per heavy atom. The van der Waals surface area contributed by atoms with Gasteiger partial charge < -0.3 is 24.6 Å². The molecule has 2 N–H and O–H groups in total. The van der Waals surface area contributed by atoms with Crippen molar-refractivity contribution in [3.8, 4) is 0 Å². The summed E-state index contributed by atoms with van der Waals surface area (Å²) in [5.41, 5.74) is -1.45. The van der Waals surface area contributed by atoms with Crippen LogP contribution in [0.4, 0.5) is 15.0 Å². The molecule has 0 unspecified atom stereocenters. The van der Waals surface area contributed by atoms with Gasteiger partial charge in [-0.25, -0.2) is 19.0 Å². The lowest BCUT2D eigenvalue weighted by molar-refractivity contribution is 0.0494. The molecule has 176 valence electrons. The summed E-state index contributed by atoms with van der Waals surface area (Å²) in [5, 5.41) is 12.3. The van der Waals surface area contributed by atoms with Gasteiger partial charge in [-0.3, -0.25) is 4.79 Å². The highest BCUT2D eigenvalue weighted by atomic mass is 19.1. The third kappa shape index (κ3) is 4.14. The summed E-state index contributed by atoms with van der Waals surface area (Å²) in [7, 11) is 0. The molecule has 2 saturated carbocycles. The molecule has 0 bridgehead atoms. The second-order valence-electron chi connectivity index (χ2n) is 10.3. The van der Waals surface area contributed by atoms with Crippen LogP contribution < -0.4 is 15.6 Å². The summed E-state index contributed by atoms with van der Waals surface area (Å²) in [4.78, 5) is 42.8. The molecule has 9 nitrogen and oxygen atoms in total. The van der Waals surface area contributed by atoms with Crippen molar-refractivity contribution >= 4 is 28.9 Å². The molecule has 1 aliphatic heterocycles. The smallest absolute Gasteiger partial charge is 0.407 e. The molecule has 3 fully saturated rings. The lowest BCUT2D eigenvalue weighted by Crippen LogP contribution is -2.51. The van der Waals surface area contributed by atoms with Crippen molar-refractivity contribution in [2.24, 2.45) is 11.8 Å². The Bertz CT molecular complexity index is 1220. The molecule has 33 heavy (non-hydrogen) atoms. The van der Waals surface area contributed by atoms with Crippen LogP contribution in [0.1, 0.15) is 56.4 Å². The molecule has 0 radical (unpaired) electrons. The molecular formula is C23H27FN4O5. The maximum atomic E-state index is 15.2. The van der Waals surface area contributed by atoms with E-state index in [9.17, 15) is 19.5 Å². The number of alkyl carbamates (subject to hydrolysis) is 1. The van der Waals surface area contributed by atoms with E-state index >= 15 is 4.39 Å². The van der Waals surface area contributed by atoms with Crippen molar-refractivity contribution in [1.29, 1.82) is 0 Å². The molecular weight excluding hydrogens is 431 g/mol. The maximum absolute atomic E-state index is 15.2. The van der Waals surface area contributed by atoms with Gasteiger partial charge in [0, 0.05) is 25.3 Å².